The van der Waals surface area contributed by atoms with Gasteiger partial charge in [0.05, 0.1) is 24.5 Å². The number of allylic oxidation sites excluding steroid dienone is 4. The van der Waals surface area contributed by atoms with Crippen molar-refractivity contribution in [2.24, 2.45) is 34.5 Å². The third kappa shape index (κ3) is 6.34. The van der Waals surface area contributed by atoms with Crippen molar-refractivity contribution in [1.29, 1.82) is 0 Å². The normalized spacial score (nSPS) is 38.4. The molecule has 4 aliphatic carbocycles. The van der Waals surface area contributed by atoms with Gasteiger partial charge in [-0.3, -0.25) is 24.0 Å². The van der Waals surface area contributed by atoms with Gasteiger partial charge < -0.3 is 30.1 Å². The summed E-state index contributed by atoms with van der Waals surface area (Å²) in [6, 6.07) is -0.604. The third-order valence-corrected chi connectivity index (χ3v) is 12.1. The summed E-state index contributed by atoms with van der Waals surface area (Å²) in [6.07, 6.45) is 7.28. The monoisotopic (exact) mass is 643 g/mol. The maximum Gasteiger partial charge on any atom is 0.306 e. The van der Waals surface area contributed by atoms with E-state index in [0.717, 1.165) is 12.0 Å². The van der Waals surface area contributed by atoms with E-state index in [2.05, 4.69) is 12.2 Å². The predicted octanol–water partition coefficient (Wildman–Crippen LogP) is 3.05. The molecular formula is C35H49NO10. The van der Waals surface area contributed by atoms with Crippen LogP contribution in [-0.2, 0) is 33.4 Å². The van der Waals surface area contributed by atoms with Crippen molar-refractivity contribution in [3.05, 3.63) is 23.8 Å². The van der Waals surface area contributed by atoms with Crippen LogP contribution >= 0.6 is 0 Å². The molecule has 0 aromatic rings. The van der Waals surface area contributed by atoms with Crippen molar-refractivity contribution >= 4 is 29.4 Å². The molecule has 0 radical (unpaired) electrons. The Hall–Kier alpha value is -2.89. The molecule has 254 valence electrons. The Morgan fingerprint density at radius 1 is 1.09 bits per heavy atom. The van der Waals surface area contributed by atoms with Crippen LogP contribution < -0.4 is 5.32 Å². The molecular weight excluding hydrogens is 594 g/mol. The Bertz CT molecular complexity index is 1340. The molecule has 0 aromatic heterocycles. The molecule has 1 aliphatic heterocycles. The lowest BCUT2D eigenvalue weighted by molar-refractivity contribution is -0.181. The summed E-state index contributed by atoms with van der Waals surface area (Å²) in [7, 11) is 0. The van der Waals surface area contributed by atoms with Crippen LogP contribution in [0.1, 0.15) is 91.9 Å². The number of amides is 1. The average Bonchev–Trinajstić information content (AvgIpc) is 3.24. The van der Waals surface area contributed by atoms with Gasteiger partial charge in [0.1, 0.15) is 5.60 Å². The molecule has 1 heterocycles. The minimum atomic E-state index is -1.78. The van der Waals surface area contributed by atoms with Gasteiger partial charge in [-0.15, -0.1) is 0 Å². The highest BCUT2D eigenvalue weighted by Crippen LogP contribution is 2.67. The van der Waals surface area contributed by atoms with E-state index in [1.165, 1.54) is 0 Å². The second-order valence-corrected chi connectivity index (χ2v) is 15.3. The Kier molecular flexibility index (Phi) is 9.45. The lowest BCUT2D eigenvalue weighted by Crippen LogP contribution is -2.61. The van der Waals surface area contributed by atoms with Crippen LogP contribution in [0.3, 0.4) is 0 Å². The van der Waals surface area contributed by atoms with Gasteiger partial charge in [0.15, 0.2) is 12.4 Å². The van der Waals surface area contributed by atoms with Gasteiger partial charge in [0.2, 0.25) is 11.7 Å². The second-order valence-electron chi connectivity index (χ2n) is 15.3. The number of carboxylic acids is 1. The van der Waals surface area contributed by atoms with Crippen LogP contribution in [-0.4, -0.2) is 81.3 Å². The number of rotatable bonds is 10. The van der Waals surface area contributed by atoms with E-state index in [1.54, 1.807) is 12.2 Å². The van der Waals surface area contributed by atoms with E-state index < -0.39 is 64.4 Å². The molecule has 0 spiro atoms. The summed E-state index contributed by atoms with van der Waals surface area (Å²) in [5, 5.41) is 35.6. The van der Waals surface area contributed by atoms with Crippen molar-refractivity contribution in [2.75, 3.05) is 13.2 Å². The van der Waals surface area contributed by atoms with Crippen LogP contribution in [0, 0.1) is 34.5 Å². The van der Waals surface area contributed by atoms with Gasteiger partial charge in [-0.2, -0.15) is 0 Å². The summed E-state index contributed by atoms with van der Waals surface area (Å²) in [5.74, 6) is -3.14. The van der Waals surface area contributed by atoms with Crippen LogP contribution in [0.15, 0.2) is 23.8 Å². The van der Waals surface area contributed by atoms with Crippen LogP contribution in [0.25, 0.3) is 0 Å². The first-order valence-electron chi connectivity index (χ1n) is 16.7. The number of aliphatic hydroxyl groups excluding tert-OH is 1. The number of carbonyl (C=O) groups is 5. The van der Waals surface area contributed by atoms with Crippen molar-refractivity contribution in [3.8, 4) is 0 Å². The summed E-state index contributed by atoms with van der Waals surface area (Å²) in [6.45, 7) is 7.59. The Morgan fingerprint density at radius 3 is 2.52 bits per heavy atom. The zero-order chi connectivity index (χ0) is 33.7. The fourth-order valence-electron chi connectivity index (χ4n) is 9.77. The lowest BCUT2D eigenvalue weighted by Gasteiger charge is -2.59. The Morgan fingerprint density at radius 2 is 1.83 bits per heavy atom. The number of nitrogens with one attached hydrogen (secondary N) is 1. The molecule has 11 nitrogen and oxygen atoms in total. The number of hydrogen-bond acceptors (Lipinski definition) is 9. The smallest absolute Gasteiger partial charge is 0.306 e. The van der Waals surface area contributed by atoms with E-state index >= 15 is 0 Å². The fourth-order valence-corrected chi connectivity index (χ4v) is 9.77. The summed E-state index contributed by atoms with van der Waals surface area (Å²) < 4.78 is 11.0. The van der Waals surface area contributed by atoms with Gasteiger partial charge in [-0.25, -0.2) is 0 Å². The molecule has 0 bridgehead atoms. The van der Waals surface area contributed by atoms with Gasteiger partial charge in [-0.05, 0) is 88.7 Å². The molecule has 5 aliphatic rings. The van der Waals surface area contributed by atoms with Crippen molar-refractivity contribution in [2.45, 2.75) is 115 Å². The molecule has 3 saturated carbocycles. The van der Waals surface area contributed by atoms with Crippen molar-refractivity contribution in [3.63, 3.8) is 0 Å². The molecule has 46 heavy (non-hydrogen) atoms. The number of carbonyl (C=O) groups excluding carboxylic acids is 4. The summed E-state index contributed by atoms with van der Waals surface area (Å²) in [4.78, 5) is 62.4. The molecule has 5 rings (SSSR count). The van der Waals surface area contributed by atoms with E-state index in [9.17, 15) is 39.3 Å². The maximum absolute atomic E-state index is 13.5. The predicted molar refractivity (Wildman–Crippen MR) is 165 cm³/mol. The molecule has 4 fully saturated rings. The van der Waals surface area contributed by atoms with Crippen LogP contribution in [0.2, 0.25) is 0 Å². The number of Topliss-reactive ketones (excluding diaryl/α,β-unsaturated/α-hetero) is 1. The highest BCUT2D eigenvalue weighted by atomic mass is 16.5. The largest absolute Gasteiger partial charge is 0.481 e. The molecule has 11 heteroatoms. The number of aliphatic carboxylic acids is 1. The third-order valence-electron chi connectivity index (χ3n) is 12.1. The van der Waals surface area contributed by atoms with Gasteiger partial charge >= 0.3 is 11.9 Å². The number of ether oxygens (including phenoxy) is 2. The van der Waals surface area contributed by atoms with Crippen LogP contribution in [0.4, 0.5) is 0 Å². The van der Waals surface area contributed by atoms with Crippen molar-refractivity contribution in [1.82, 2.24) is 5.32 Å². The zero-order valence-corrected chi connectivity index (χ0v) is 27.4. The first-order valence-corrected chi connectivity index (χ1v) is 16.7. The highest BCUT2D eigenvalue weighted by molar-refractivity contribution is 6.01. The van der Waals surface area contributed by atoms with Gasteiger partial charge in [0.25, 0.3) is 0 Å². The maximum atomic E-state index is 13.5. The zero-order valence-electron chi connectivity index (χ0n) is 27.4. The standard InChI is InChI=1S/C35H49NO10/c1-32(2)17-20(11-14-46-32)25(16-29(41)42)36-28(40)7-8-30(43)45-19-27(39)35(44)13-10-24-23-6-5-21-15-22(37)9-12-33(21,3)31(23)26(38)18-34(24,35)4/h9,12,15,20,23-26,31,38,44H,5-8,10-11,13-14,16-19H2,1-4H3,(H,36,40)(H,41,42)/t20-,23+,24+,25+,26+,31-,33+,34+,35+/m1/s1. The summed E-state index contributed by atoms with van der Waals surface area (Å²) in [5.41, 5.74) is -2.56. The lowest BCUT2D eigenvalue weighted by atomic mass is 9.46. The number of esters is 1. The summed E-state index contributed by atoms with van der Waals surface area (Å²) >= 11 is 0. The molecule has 1 amide bonds. The molecule has 0 aromatic carbocycles. The fraction of sp³-hybridized carbons (Fsp3) is 0.743. The van der Waals surface area contributed by atoms with Gasteiger partial charge in [-0.1, -0.05) is 25.5 Å². The van der Waals surface area contributed by atoms with E-state index in [4.69, 9.17) is 9.47 Å². The Labute approximate surface area is 270 Å². The Balaban J connectivity index is 1.16. The molecule has 0 unspecified atom stereocenters. The van der Waals surface area contributed by atoms with E-state index in [1.807, 2.05) is 26.8 Å². The number of hydrogen-bond donors (Lipinski definition) is 4. The molecule has 1 saturated heterocycles. The highest BCUT2D eigenvalue weighted by Gasteiger charge is 2.68. The topological polar surface area (TPSA) is 177 Å². The molecule has 9 atom stereocenters. The first-order chi connectivity index (χ1) is 21.5. The SMILES string of the molecule is CC1(C)C[C@H]([C@H](CC(=O)O)NC(=O)CCC(=O)OCC(=O)[C@@]2(O)CC[C@H]3[C@@H]4CCC5=CC(=O)C=C[C@]5(C)[C@H]4[C@@H](O)C[C@@]32C)CCO1. The number of ketones is 2. The van der Waals surface area contributed by atoms with E-state index in [0.29, 0.717) is 32.3 Å². The van der Waals surface area contributed by atoms with Gasteiger partial charge in [0, 0.05) is 35.8 Å². The number of aliphatic hydroxyl groups is 2. The van der Waals surface area contributed by atoms with E-state index in [-0.39, 0.29) is 61.6 Å². The number of fused-ring (bicyclic) bond motifs is 5. The van der Waals surface area contributed by atoms with Crippen LogP contribution in [0.5, 0.6) is 0 Å². The minimum Gasteiger partial charge on any atom is -0.481 e. The second kappa shape index (κ2) is 12.6. The average molecular weight is 644 g/mol. The first kappa shape index (κ1) is 34.4. The van der Waals surface area contributed by atoms with Crippen molar-refractivity contribution < 1.29 is 48.8 Å². The number of carboxylic acid groups (broad SMARTS) is 1. The minimum absolute atomic E-state index is 0.0290. The molecule has 4 N–H and O–H groups in total. The quantitative estimate of drug-likeness (QED) is 0.259.